The molecule has 150 valence electrons. The molecule has 1 saturated heterocycles. The summed E-state index contributed by atoms with van der Waals surface area (Å²) in [5.74, 6) is -1.14. The maximum atomic E-state index is 13.0. The summed E-state index contributed by atoms with van der Waals surface area (Å²) in [6.45, 7) is 2.64. The summed E-state index contributed by atoms with van der Waals surface area (Å²) in [7, 11) is -3.57. The first-order chi connectivity index (χ1) is 13.4. The molecule has 0 unspecified atom stereocenters. The number of hydrogen-bond donors (Lipinski definition) is 1. The van der Waals surface area contributed by atoms with E-state index in [9.17, 15) is 17.6 Å². The topological polar surface area (TPSA) is 66.5 Å². The van der Waals surface area contributed by atoms with Crippen molar-refractivity contribution in [2.45, 2.75) is 31.9 Å². The average molecular weight is 405 g/mol. The van der Waals surface area contributed by atoms with Gasteiger partial charge in [-0.05, 0) is 54.7 Å². The normalized spacial score (nSPS) is 18.0. The van der Waals surface area contributed by atoms with Crippen LogP contribution in [0.25, 0.3) is 0 Å². The molecule has 0 aliphatic carbocycles. The van der Waals surface area contributed by atoms with Crippen molar-refractivity contribution in [3.63, 3.8) is 0 Å². The zero-order valence-electron chi connectivity index (χ0n) is 15.9. The van der Waals surface area contributed by atoms with Crippen LogP contribution in [-0.2, 0) is 27.0 Å². The molecule has 0 aromatic heterocycles. The van der Waals surface area contributed by atoms with Crippen LogP contribution in [0.2, 0.25) is 0 Å². The molecule has 1 aliphatic rings. The van der Waals surface area contributed by atoms with E-state index in [2.05, 4.69) is 12.2 Å². The Labute approximate surface area is 165 Å². The molecule has 0 bridgehead atoms. The van der Waals surface area contributed by atoms with Crippen LogP contribution in [0.5, 0.6) is 0 Å². The number of carbonyl (C=O) groups is 1. The van der Waals surface area contributed by atoms with Gasteiger partial charge in [0.2, 0.25) is 15.9 Å². The summed E-state index contributed by atoms with van der Waals surface area (Å²) in [6, 6.07) is 13.1. The van der Waals surface area contributed by atoms with Crippen LogP contribution in [0, 0.1) is 11.7 Å². The van der Waals surface area contributed by atoms with Gasteiger partial charge in [0, 0.05) is 18.8 Å². The van der Waals surface area contributed by atoms with E-state index in [1.165, 1.54) is 34.1 Å². The Balaban J connectivity index is 1.63. The van der Waals surface area contributed by atoms with Crippen LogP contribution in [0.4, 0.5) is 10.1 Å². The number of piperidine rings is 1. The lowest BCUT2D eigenvalue weighted by Crippen LogP contribution is -2.44. The lowest BCUT2D eigenvalue weighted by molar-refractivity contribution is -0.120. The molecule has 5 nitrogen and oxygen atoms in total. The summed E-state index contributed by atoms with van der Waals surface area (Å²) in [4.78, 5) is 12.6. The predicted molar refractivity (Wildman–Crippen MR) is 108 cm³/mol. The van der Waals surface area contributed by atoms with Gasteiger partial charge in [0.25, 0.3) is 0 Å². The quantitative estimate of drug-likeness (QED) is 0.800. The Morgan fingerprint density at radius 1 is 1.11 bits per heavy atom. The summed E-state index contributed by atoms with van der Waals surface area (Å²) in [6.07, 6.45) is 2.22. The van der Waals surface area contributed by atoms with E-state index in [1.54, 1.807) is 0 Å². The van der Waals surface area contributed by atoms with E-state index >= 15 is 0 Å². The zero-order chi connectivity index (χ0) is 20.1. The van der Waals surface area contributed by atoms with Crippen LogP contribution in [0.3, 0.4) is 0 Å². The Morgan fingerprint density at radius 3 is 2.39 bits per heavy atom. The third-order valence-electron chi connectivity index (χ3n) is 5.04. The number of benzene rings is 2. The third-order valence-corrected chi connectivity index (χ3v) is 6.86. The first kappa shape index (κ1) is 20.5. The van der Waals surface area contributed by atoms with Crippen molar-refractivity contribution in [3.8, 4) is 0 Å². The van der Waals surface area contributed by atoms with Crippen LogP contribution < -0.4 is 5.32 Å². The van der Waals surface area contributed by atoms with E-state index in [-0.39, 0.29) is 24.1 Å². The number of hydrogen-bond acceptors (Lipinski definition) is 3. The van der Waals surface area contributed by atoms with Crippen molar-refractivity contribution in [3.05, 3.63) is 65.5 Å². The average Bonchev–Trinajstić information content (AvgIpc) is 2.70. The fourth-order valence-corrected chi connectivity index (χ4v) is 4.97. The smallest absolute Gasteiger partial charge is 0.228 e. The minimum absolute atomic E-state index is 0.161. The fourth-order valence-electron chi connectivity index (χ4n) is 3.36. The van der Waals surface area contributed by atoms with Gasteiger partial charge in [-0.1, -0.05) is 31.2 Å². The molecule has 0 spiro atoms. The maximum absolute atomic E-state index is 13.0. The van der Waals surface area contributed by atoms with Gasteiger partial charge in [0.1, 0.15) is 5.82 Å². The molecule has 1 atom stereocenters. The van der Waals surface area contributed by atoms with E-state index < -0.39 is 15.8 Å². The SMILES string of the molecule is CCc1ccc(NC(=O)[C@H]2CCCN(S(=O)(=O)Cc3ccc(F)cc3)C2)cc1. The Kier molecular flexibility index (Phi) is 6.46. The highest BCUT2D eigenvalue weighted by Crippen LogP contribution is 2.23. The highest BCUT2D eigenvalue weighted by molar-refractivity contribution is 7.88. The second-order valence-corrected chi connectivity index (χ2v) is 9.09. The van der Waals surface area contributed by atoms with Gasteiger partial charge in [-0.2, -0.15) is 0 Å². The summed E-state index contributed by atoms with van der Waals surface area (Å²) in [5, 5.41) is 2.89. The second kappa shape index (κ2) is 8.84. The molecule has 2 aromatic carbocycles. The second-order valence-electron chi connectivity index (χ2n) is 7.12. The Bertz CT molecular complexity index is 912. The molecule has 28 heavy (non-hydrogen) atoms. The number of sulfonamides is 1. The van der Waals surface area contributed by atoms with Crippen LogP contribution >= 0.6 is 0 Å². The van der Waals surface area contributed by atoms with Crippen molar-refractivity contribution in [1.29, 1.82) is 0 Å². The molecular formula is C21H25FN2O3S. The largest absolute Gasteiger partial charge is 0.326 e. The van der Waals surface area contributed by atoms with Gasteiger partial charge in [-0.15, -0.1) is 0 Å². The van der Waals surface area contributed by atoms with E-state index in [0.717, 1.165) is 6.42 Å². The summed E-state index contributed by atoms with van der Waals surface area (Å²) >= 11 is 0. The molecule has 3 rings (SSSR count). The van der Waals surface area contributed by atoms with Crippen molar-refractivity contribution in [2.24, 2.45) is 5.92 Å². The van der Waals surface area contributed by atoms with Crippen molar-refractivity contribution in [1.82, 2.24) is 4.31 Å². The zero-order valence-corrected chi connectivity index (χ0v) is 16.7. The molecule has 1 N–H and O–H groups in total. The number of anilines is 1. The van der Waals surface area contributed by atoms with Crippen molar-refractivity contribution in [2.75, 3.05) is 18.4 Å². The number of rotatable bonds is 6. The van der Waals surface area contributed by atoms with Gasteiger partial charge < -0.3 is 5.32 Å². The summed E-state index contributed by atoms with van der Waals surface area (Å²) in [5.41, 5.74) is 2.44. The fraction of sp³-hybridized carbons (Fsp3) is 0.381. The number of carbonyl (C=O) groups excluding carboxylic acids is 1. The van der Waals surface area contributed by atoms with Crippen molar-refractivity contribution < 1.29 is 17.6 Å². The van der Waals surface area contributed by atoms with Crippen LogP contribution in [-0.4, -0.2) is 31.7 Å². The highest BCUT2D eigenvalue weighted by Gasteiger charge is 2.32. The van der Waals surface area contributed by atoms with E-state index in [4.69, 9.17) is 0 Å². The monoisotopic (exact) mass is 404 g/mol. The first-order valence-corrected chi connectivity index (χ1v) is 11.1. The third kappa shape index (κ3) is 5.17. The lowest BCUT2D eigenvalue weighted by Gasteiger charge is -2.31. The molecule has 1 heterocycles. The number of halogens is 1. The molecule has 1 aliphatic heterocycles. The van der Waals surface area contributed by atoms with Crippen LogP contribution in [0.1, 0.15) is 30.9 Å². The van der Waals surface area contributed by atoms with Crippen LogP contribution in [0.15, 0.2) is 48.5 Å². The highest BCUT2D eigenvalue weighted by atomic mass is 32.2. The number of nitrogens with one attached hydrogen (secondary N) is 1. The minimum atomic E-state index is -3.57. The summed E-state index contributed by atoms with van der Waals surface area (Å²) < 4.78 is 39.9. The van der Waals surface area contributed by atoms with Gasteiger partial charge in [-0.3, -0.25) is 4.79 Å². The van der Waals surface area contributed by atoms with E-state index in [0.29, 0.717) is 30.6 Å². The molecule has 1 fully saturated rings. The first-order valence-electron chi connectivity index (χ1n) is 9.49. The molecule has 2 aromatic rings. The maximum Gasteiger partial charge on any atom is 0.228 e. The standard InChI is InChI=1S/C21H25FN2O3S/c1-2-16-7-11-20(12-8-16)23-21(25)18-4-3-13-24(14-18)28(26,27)15-17-5-9-19(22)10-6-17/h5-12,18H,2-4,13-15H2,1H3,(H,23,25)/t18-/m0/s1. The number of nitrogens with zero attached hydrogens (tertiary/aromatic N) is 1. The molecule has 0 radical (unpaired) electrons. The van der Waals surface area contributed by atoms with Gasteiger partial charge in [-0.25, -0.2) is 17.1 Å². The van der Waals surface area contributed by atoms with Gasteiger partial charge >= 0.3 is 0 Å². The van der Waals surface area contributed by atoms with Gasteiger partial charge in [0.05, 0.1) is 11.7 Å². The lowest BCUT2D eigenvalue weighted by atomic mass is 9.98. The molecule has 7 heteroatoms. The molecule has 0 saturated carbocycles. The minimum Gasteiger partial charge on any atom is -0.326 e. The molecular weight excluding hydrogens is 379 g/mol. The Hall–Kier alpha value is -2.25. The number of amides is 1. The number of aryl methyl sites for hydroxylation is 1. The van der Waals surface area contributed by atoms with E-state index in [1.807, 2.05) is 24.3 Å². The van der Waals surface area contributed by atoms with Crippen molar-refractivity contribution >= 4 is 21.6 Å². The Morgan fingerprint density at radius 2 is 1.75 bits per heavy atom. The molecule has 1 amide bonds. The predicted octanol–water partition coefficient (Wildman–Crippen LogP) is 3.57. The van der Waals surface area contributed by atoms with Gasteiger partial charge in [0.15, 0.2) is 0 Å².